The first-order valence-corrected chi connectivity index (χ1v) is 6.43. The Morgan fingerprint density at radius 2 is 1.85 bits per heavy atom. The first-order valence-electron chi connectivity index (χ1n) is 6.43. The summed E-state index contributed by atoms with van der Waals surface area (Å²) in [6, 6.07) is 5.45. The van der Waals surface area contributed by atoms with Crippen LogP contribution in [0.25, 0.3) is 0 Å². The van der Waals surface area contributed by atoms with Gasteiger partial charge in [-0.3, -0.25) is 0 Å². The highest BCUT2D eigenvalue weighted by Gasteiger charge is 2.30. The lowest BCUT2D eigenvalue weighted by Gasteiger charge is -2.10. The molecule has 1 aromatic carbocycles. The number of alkyl halides is 3. The van der Waals surface area contributed by atoms with Gasteiger partial charge in [0.1, 0.15) is 0 Å². The zero-order valence-corrected chi connectivity index (χ0v) is 10.9. The molecule has 0 unspecified atom stereocenters. The summed E-state index contributed by atoms with van der Waals surface area (Å²) in [5, 5.41) is 3.08. The number of halogens is 3. The van der Waals surface area contributed by atoms with Crippen molar-refractivity contribution in [2.45, 2.75) is 32.0 Å². The maximum atomic E-state index is 12.5. The Morgan fingerprint density at radius 3 is 2.40 bits per heavy atom. The fourth-order valence-corrected chi connectivity index (χ4v) is 2.11. The predicted molar refractivity (Wildman–Crippen MR) is 70.0 cm³/mol. The van der Waals surface area contributed by atoms with Crippen LogP contribution in [0.3, 0.4) is 0 Å². The molecule has 3 nitrogen and oxygen atoms in total. The molecule has 1 N–H and O–H groups in total. The molecule has 1 aromatic heterocycles. The van der Waals surface area contributed by atoms with Crippen LogP contribution in [0.2, 0.25) is 0 Å². The Bertz CT molecular complexity index is 610. The lowest BCUT2D eigenvalue weighted by Crippen LogP contribution is -2.05. The molecule has 1 fully saturated rings. The van der Waals surface area contributed by atoms with Crippen LogP contribution >= 0.6 is 0 Å². The zero-order valence-electron chi connectivity index (χ0n) is 10.9. The van der Waals surface area contributed by atoms with Crippen LogP contribution in [0.1, 0.15) is 30.1 Å². The van der Waals surface area contributed by atoms with E-state index in [1.165, 1.54) is 12.1 Å². The number of anilines is 2. The van der Waals surface area contributed by atoms with Crippen molar-refractivity contribution >= 4 is 11.6 Å². The summed E-state index contributed by atoms with van der Waals surface area (Å²) in [5.41, 5.74) is 0.849. The average molecular weight is 281 g/mol. The summed E-state index contributed by atoms with van der Waals surface area (Å²) < 4.78 is 39.5. The maximum absolute atomic E-state index is 12.5. The Hall–Kier alpha value is -1.98. The SMILES string of the molecule is Cc1cn(C2CC2)c(Nc2ccc(C(F)(F)F)cc2)n1. The van der Waals surface area contributed by atoms with Crippen molar-refractivity contribution in [2.75, 3.05) is 5.32 Å². The van der Waals surface area contributed by atoms with Crippen molar-refractivity contribution in [2.24, 2.45) is 0 Å². The molecule has 3 rings (SSSR count). The topological polar surface area (TPSA) is 29.9 Å². The van der Waals surface area contributed by atoms with Gasteiger partial charge in [-0.05, 0) is 44.0 Å². The van der Waals surface area contributed by atoms with Gasteiger partial charge in [-0.2, -0.15) is 13.2 Å². The molecular formula is C14H14F3N3. The fourth-order valence-electron chi connectivity index (χ4n) is 2.11. The second-order valence-electron chi connectivity index (χ2n) is 5.04. The molecule has 0 bridgehead atoms. The minimum atomic E-state index is -4.30. The maximum Gasteiger partial charge on any atom is 0.416 e. The van der Waals surface area contributed by atoms with E-state index in [-0.39, 0.29) is 0 Å². The van der Waals surface area contributed by atoms with Crippen molar-refractivity contribution in [3.8, 4) is 0 Å². The molecule has 1 heterocycles. The normalized spacial score (nSPS) is 15.4. The van der Waals surface area contributed by atoms with E-state index in [0.717, 1.165) is 30.7 Å². The van der Waals surface area contributed by atoms with E-state index in [9.17, 15) is 13.2 Å². The average Bonchev–Trinajstić information content (AvgIpc) is 3.14. The van der Waals surface area contributed by atoms with Crippen molar-refractivity contribution in [3.05, 3.63) is 41.7 Å². The van der Waals surface area contributed by atoms with Gasteiger partial charge in [-0.15, -0.1) is 0 Å². The molecule has 1 saturated carbocycles. The summed E-state index contributed by atoms with van der Waals surface area (Å²) >= 11 is 0. The molecule has 0 radical (unpaired) electrons. The van der Waals surface area contributed by atoms with Gasteiger partial charge in [0.25, 0.3) is 0 Å². The molecule has 0 aliphatic heterocycles. The zero-order chi connectivity index (χ0) is 14.3. The second-order valence-corrected chi connectivity index (χ2v) is 5.04. The molecule has 6 heteroatoms. The van der Waals surface area contributed by atoms with E-state index >= 15 is 0 Å². The van der Waals surface area contributed by atoms with Gasteiger partial charge in [0.15, 0.2) is 0 Å². The third-order valence-corrected chi connectivity index (χ3v) is 3.26. The van der Waals surface area contributed by atoms with Crippen LogP contribution in [0, 0.1) is 6.92 Å². The quantitative estimate of drug-likeness (QED) is 0.909. The number of nitrogens with zero attached hydrogens (tertiary/aromatic N) is 2. The summed E-state index contributed by atoms with van der Waals surface area (Å²) in [5.74, 6) is 0.685. The van der Waals surface area contributed by atoms with Crippen LogP contribution in [-0.2, 0) is 6.18 Å². The molecular weight excluding hydrogens is 267 g/mol. The first kappa shape index (κ1) is 13.0. The lowest BCUT2D eigenvalue weighted by molar-refractivity contribution is -0.137. The number of nitrogens with one attached hydrogen (secondary N) is 1. The number of aryl methyl sites for hydroxylation is 1. The summed E-state index contributed by atoms with van der Waals surface area (Å²) in [4.78, 5) is 4.37. The monoisotopic (exact) mass is 281 g/mol. The third kappa shape index (κ3) is 2.64. The van der Waals surface area contributed by atoms with Crippen LogP contribution in [-0.4, -0.2) is 9.55 Å². The number of benzene rings is 1. The molecule has 1 aliphatic rings. The minimum absolute atomic E-state index is 0.466. The standard InChI is InChI=1S/C14H14F3N3/c1-9-8-20(12-6-7-12)13(18-9)19-11-4-2-10(3-5-11)14(15,16)17/h2-5,8,12H,6-7H2,1H3,(H,18,19). The molecule has 0 spiro atoms. The van der Waals surface area contributed by atoms with Crippen molar-refractivity contribution < 1.29 is 13.2 Å². The second kappa shape index (κ2) is 4.54. The van der Waals surface area contributed by atoms with E-state index in [1.807, 2.05) is 17.7 Å². The molecule has 0 amide bonds. The highest BCUT2D eigenvalue weighted by molar-refractivity contribution is 5.55. The van der Waals surface area contributed by atoms with E-state index in [1.54, 1.807) is 0 Å². The van der Waals surface area contributed by atoms with Crippen LogP contribution in [0.5, 0.6) is 0 Å². The number of aromatic nitrogens is 2. The van der Waals surface area contributed by atoms with Crippen molar-refractivity contribution in [1.82, 2.24) is 9.55 Å². The van der Waals surface area contributed by atoms with Gasteiger partial charge in [-0.1, -0.05) is 0 Å². The third-order valence-electron chi connectivity index (χ3n) is 3.26. The van der Waals surface area contributed by atoms with Crippen LogP contribution < -0.4 is 5.32 Å². The number of hydrogen-bond donors (Lipinski definition) is 1. The van der Waals surface area contributed by atoms with E-state index in [2.05, 4.69) is 10.3 Å². The Morgan fingerprint density at radius 1 is 1.20 bits per heavy atom. The molecule has 2 aromatic rings. The predicted octanol–water partition coefficient (Wildman–Crippen LogP) is 4.29. The molecule has 1 aliphatic carbocycles. The summed E-state index contributed by atoms with van der Waals surface area (Å²) in [6.07, 6.45) is -0.0966. The van der Waals surface area contributed by atoms with E-state index in [0.29, 0.717) is 17.7 Å². The molecule has 106 valence electrons. The van der Waals surface area contributed by atoms with Gasteiger partial charge < -0.3 is 9.88 Å². The number of imidazole rings is 1. The Balaban J connectivity index is 1.81. The number of rotatable bonds is 3. The van der Waals surface area contributed by atoms with E-state index < -0.39 is 11.7 Å². The van der Waals surface area contributed by atoms with E-state index in [4.69, 9.17) is 0 Å². The molecule has 0 atom stereocenters. The summed E-state index contributed by atoms with van der Waals surface area (Å²) in [7, 11) is 0. The largest absolute Gasteiger partial charge is 0.416 e. The van der Waals surface area contributed by atoms with Gasteiger partial charge >= 0.3 is 6.18 Å². The minimum Gasteiger partial charge on any atom is -0.326 e. The summed E-state index contributed by atoms with van der Waals surface area (Å²) in [6.45, 7) is 1.90. The van der Waals surface area contributed by atoms with Crippen molar-refractivity contribution in [1.29, 1.82) is 0 Å². The van der Waals surface area contributed by atoms with Gasteiger partial charge in [0.05, 0.1) is 11.3 Å². The lowest BCUT2D eigenvalue weighted by atomic mass is 10.2. The highest BCUT2D eigenvalue weighted by atomic mass is 19.4. The van der Waals surface area contributed by atoms with Gasteiger partial charge in [0, 0.05) is 17.9 Å². The van der Waals surface area contributed by atoms with Crippen molar-refractivity contribution in [3.63, 3.8) is 0 Å². The smallest absolute Gasteiger partial charge is 0.326 e. The molecule has 20 heavy (non-hydrogen) atoms. The fraction of sp³-hybridized carbons (Fsp3) is 0.357. The Kier molecular flexibility index (Phi) is 2.96. The van der Waals surface area contributed by atoms with Gasteiger partial charge in [0.2, 0.25) is 5.95 Å². The Labute approximate surface area is 114 Å². The van der Waals surface area contributed by atoms with Crippen LogP contribution in [0.15, 0.2) is 30.5 Å². The molecule has 0 saturated heterocycles. The first-order chi connectivity index (χ1) is 9.43. The van der Waals surface area contributed by atoms with Gasteiger partial charge in [-0.25, -0.2) is 4.98 Å². The van der Waals surface area contributed by atoms with Crippen LogP contribution in [0.4, 0.5) is 24.8 Å². The highest BCUT2D eigenvalue weighted by Crippen LogP contribution is 2.38. The number of hydrogen-bond acceptors (Lipinski definition) is 2.